The molecule has 0 amide bonds. The van der Waals surface area contributed by atoms with Crippen LogP contribution in [0.3, 0.4) is 0 Å². The van der Waals surface area contributed by atoms with Gasteiger partial charge in [-0.05, 0) is 53.8 Å². The lowest BCUT2D eigenvalue weighted by molar-refractivity contribution is -0.141. The first-order valence-corrected chi connectivity index (χ1v) is 13.9. The molecule has 2 aliphatic heterocycles. The summed E-state index contributed by atoms with van der Waals surface area (Å²) < 4.78 is 36.1. The second kappa shape index (κ2) is 10.9. The largest absolute Gasteiger partial charge is 0.493 e. The lowest BCUT2D eigenvalue weighted by Gasteiger charge is -2.39. The van der Waals surface area contributed by atoms with Gasteiger partial charge in [-0.2, -0.15) is 0 Å². The molecule has 6 rings (SSSR count). The summed E-state index contributed by atoms with van der Waals surface area (Å²) >= 11 is 0. The maximum absolute atomic E-state index is 13.4. The van der Waals surface area contributed by atoms with Crippen LogP contribution < -0.4 is 23.7 Å². The van der Waals surface area contributed by atoms with Crippen LogP contribution in [0.15, 0.2) is 30.5 Å². The first-order valence-electron chi connectivity index (χ1n) is 13.9. The lowest BCUT2D eigenvalue weighted by Crippen LogP contribution is -2.37. The standard InChI is InChI=1S/C30H35N3O7/c1-5-6-7-8-9-18-14-33(32-31-18)28-20-13-23-22(39-16-40-23)12-19(20)26(27-21(28)15-38-30(27)34)17-10-24(35-2)29(37-4)25(11-17)36-3/h10-14,21,26-28H,5-9,15-16H2,1-4H3/t21-,26+,27-,28+/m0/s1. The summed E-state index contributed by atoms with van der Waals surface area (Å²) in [7, 11) is 4.74. The molecular weight excluding hydrogens is 514 g/mol. The monoisotopic (exact) mass is 549 g/mol. The summed E-state index contributed by atoms with van der Waals surface area (Å²) in [4.78, 5) is 13.4. The van der Waals surface area contributed by atoms with Crippen LogP contribution in [-0.2, 0) is 16.0 Å². The third kappa shape index (κ3) is 4.39. The number of nitrogens with zero attached hydrogens (tertiary/aromatic N) is 3. The van der Waals surface area contributed by atoms with E-state index in [9.17, 15) is 4.79 Å². The Morgan fingerprint density at radius 3 is 2.33 bits per heavy atom. The van der Waals surface area contributed by atoms with Gasteiger partial charge in [-0.1, -0.05) is 31.4 Å². The van der Waals surface area contributed by atoms with Gasteiger partial charge in [0.25, 0.3) is 0 Å². The van der Waals surface area contributed by atoms with Gasteiger partial charge in [0.05, 0.1) is 45.6 Å². The molecule has 0 saturated carbocycles. The van der Waals surface area contributed by atoms with Gasteiger partial charge in [-0.25, -0.2) is 4.68 Å². The minimum Gasteiger partial charge on any atom is -0.493 e. The van der Waals surface area contributed by atoms with Crippen molar-refractivity contribution in [1.82, 2.24) is 15.0 Å². The molecule has 1 fully saturated rings. The maximum atomic E-state index is 13.4. The van der Waals surface area contributed by atoms with E-state index in [1.165, 1.54) is 19.3 Å². The maximum Gasteiger partial charge on any atom is 0.310 e. The Labute approximate surface area is 233 Å². The summed E-state index contributed by atoms with van der Waals surface area (Å²) in [6, 6.07) is 7.58. The normalized spacial score (nSPS) is 22.4. The van der Waals surface area contributed by atoms with Gasteiger partial charge in [-0.15, -0.1) is 5.10 Å². The van der Waals surface area contributed by atoms with Gasteiger partial charge in [0.15, 0.2) is 23.0 Å². The highest BCUT2D eigenvalue weighted by atomic mass is 16.7. The summed E-state index contributed by atoms with van der Waals surface area (Å²) in [5, 5.41) is 9.06. The van der Waals surface area contributed by atoms with Crippen molar-refractivity contribution in [2.75, 3.05) is 34.7 Å². The van der Waals surface area contributed by atoms with E-state index in [0.29, 0.717) is 28.7 Å². The van der Waals surface area contributed by atoms with Gasteiger partial charge < -0.3 is 28.4 Å². The number of hydrogen-bond acceptors (Lipinski definition) is 9. The average molecular weight is 550 g/mol. The van der Waals surface area contributed by atoms with Gasteiger partial charge >= 0.3 is 5.97 Å². The topological polar surface area (TPSA) is 103 Å². The molecule has 0 unspecified atom stereocenters. The van der Waals surface area contributed by atoms with E-state index >= 15 is 0 Å². The molecule has 3 aliphatic rings. The third-order valence-electron chi connectivity index (χ3n) is 8.32. The van der Waals surface area contributed by atoms with Gasteiger partial charge in [-0.3, -0.25) is 4.79 Å². The summed E-state index contributed by atoms with van der Waals surface area (Å²) in [5.74, 6) is 1.65. The molecule has 10 nitrogen and oxygen atoms in total. The molecule has 1 saturated heterocycles. The Hall–Kier alpha value is -3.95. The number of unbranched alkanes of at least 4 members (excludes halogenated alkanes) is 3. The van der Waals surface area contributed by atoms with Gasteiger partial charge in [0, 0.05) is 18.0 Å². The Kier molecular flexibility index (Phi) is 7.16. The SMILES string of the molecule is CCCCCCc1cn([C@@H]2c3cc4c(cc3[C@@H](c3cc(OC)c(OC)c(OC)c3)[C@H]3C(=O)OC[C@@H]32)OCO4)nn1. The highest BCUT2D eigenvalue weighted by Crippen LogP contribution is 2.56. The van der Waals surface area contributed by atoms with E-state index in [-0.39, 0.29) is 37.2 Å². The second-order valence-electron chi connectivity index (χ2n) is 10.5. The third-order valence-corrected chi connectivity index (χ3v) is 8.32. The van der Waals surface area contributed by atoms with E-state index < -0.39 is 5.92 Å². The minimum absolute atomic E-state index is 0.151. The number of carbonyl (C=O) groups is 1. The van der Waals surface area contributed by atoms with Crippen molar-refractivity contribution < 1.29 is 33.2 Å². The van der Waals surface area contributed by atoms with Crippen molar-refractivity contribution >= 4 is 5.97 Å². The molecule has 3 aromatic rings. The van der Waals surface area contributed by atoms with Crippen molar-refractivity contribution in [1.29, 1.82) is 0 Å². The highest BCUT2D eigenvalue weighted by Gasteiger charge is 2.53. The van der Waals surface area contributed by atoms with Crippen LogP contribution in [0.2, 0.25) is 0 Å². The Balaban J connectivity index is 1.48. The van der Waals surface area contributed by atoms with Crippen LogP contribution in [0.1, 0.15) is 67.0 Å². The fraction of sp³-hybridized carbons (Fsp3) is 0.500. The molecule has 40 heavy (non-hydrogen) atoms. The van der Waals surface area contributed by atoms with Crippen molar-refractivity contribution in [3.05, 3.63) is 52.8 Å². The molecule has 0 N–H and O–H groups in total. The number of cyclic esters (lactones) is 1. The lowest BCUT2D eigenvalue weighted by atomic mass is 9.65. The fourth-order valence-electron chi connectivity index (χ4n) is 6.45. The van der Waals surface area contributed by atoms with Crippen LogP contribution in [0.4, 0.5) is 0 Å². The van der Waals surface area contributed by atoms with E-state index in [1.807, 2.05) is 35.1 Å². The summed E-state index contributed by atoms with van der Waals surface area (Å²) in [6.45, 7) is 2.64. The predicted octanol–water partition coefficient (Wildman–Crippen LogP) is 4.68. The number of rotatable bonds is 10. The molecule has 0 radical (unpaired) electrons. The van der Waals surface area contributed by atoms with Crippen LogP contribution in [-0.4, -0.2) is 55.7 Å². The Morgan fingerprint density at radius 1 is 0.925 bits per heavy atom. The van der Waals surface area contributed by atoms with Crippen LogP contribution >= 0.6 is 0 Å². The van der Waals surface area contributed by atoms with E-state index in [0.717, 1.165) is 35.2 Å². The van der Waals surface area contributed by atoms with Gasteiger partial charge in [0.1, 0.15) is 0 Å². The number of carbonyl (C=O) groups excluding carboxylic acids is 1. The van der Waals surface area contributed by atoms with Crippen molar-refractivity contribution in [3.63, 3.8) is 0 Å². The first kappa shape index (κ1) is 26.3. The zero-order chi connectivity index (χ0) is 27.8. The van der Waals surface area contributed by atoms with E-state index in [1.54, 1.807) is 21.3 Å². The Bertz CT molecular complexity index is 1380. The van der Waals surface area contributed by atoms with Crippen molar-refractivity contribution in [2.45, 2.75) is 51.0 Å². The van der Waals surface area contributed by atoms with Gasteiger partial charge in [0.2, 0.25) is 12.5 Å². The first-order chi connectivity index (χ1) is 19.6. The number of aromatic nitrogens is 3. The molecule has 10 heteroatoms. The Morgan fingerprint density at radius 2 is 1.65 bits per heavy atom. The molecule has 0 spiro atoms. The smallest absolute Gasteiger partial charge is 0.310 e. The molecule has 212 valence electrons. The number of methoxy groups -OCH3 is 3. The molecular formula is C30H35N3O7. The quantitative estimate of drug-likeness (QED) is 0.263. The zero-order valence-corrected chi connectivity index (χ0v) is 23.3. The molecule has 1 aromatic heterocycles. The van der Waals surface area contributed by atoms with Crippen molar-refractivity contribution in [2.24, 2.45) is 11.8 Å². The van der Waals surface area contributed by atoms with Crippen LogP contribution in [0, 0.1) is 11.8 Å². The van der Waals surface area contributed by atoms with Crippen LogP contribution in [0.25, 0.3) is 0 Å². The van der Waals surface area contributed by atoms with E-state index in [4.69, 9.17) is 28.4 Å². The number of benzene rings is 2. The average Bonchev–Trinajstić information content (AvgIpc) is 3.72. The number of ether oxygens (including phenoxy) is 6. The van der Waals surface area contributed by atoms with Crippen LogP contribution in [0.5, 0.6) is 28.7 Å². The predicted molar refractivity (Wildman–Crippen MR) is 144 cm³/mol. The minimum atomic E-state index is -0.460. The molecule has 1 aliphatic carbocycles. The number of hydrogen-bond donors (Lipinski definition) is 0. The van der Waals surface area contributed by atoms with E-state index in [2.05, 4.69) is 17.2 Å². The zero-order valence-electron chi connectivity index (χ0n) is 23.3. The number of fused-ring (bicyclic) bond motifs is 3. The number of esters is 1. The molecule has 4 atom stereocenters. The molecule has 0 bridgehead atoms. The molecule has 3 heterocycles. The van der Waals surface area contributed by atoms with Crippen molar-refractivity contribution in [3.8, 4) is 28.7 Å². The summed E-state index contributed by atoms with van der Waals surface area (Å²) in [5.41, 5.74) is 3.76. The fourth-order valence-corrected chi connectivity index (χ4v) is 6.45. The second-order valence-corrected chi connectivity index (χ2v) is 10.5. The summed E-state index contributed by atoms with van der Waals surface area (Å²) in [6.07, 6.45) is 7.53. The highest BCUT2D eigenvalue weighted by molar-refractivity contribution is 5.79. The number of aryl methyl sites for hydroxylation is 1. The molecule has 2 aromatic carbocycles.